The molecule has 0 spiro atoms. The predicted octanol–water partition coefficient (Wildman–Crippen LogP) is 5.94. The summed E-state index contributed by atoms with van der Waals surface area (Å²) in [5.74, 6) is 0. The number of nitrogens with one attached hydrogen (secondary N) is 1. The van der Waals surface area contributed by atoms with Gasteiger partial charge >= 0.3 is 8.25 Å². The fraction of sp³-hybridized carbons (Fsp3) is 0.360. The minimum atomic E-state index is -2.52. The van der Waals surface area contributed by atoms with Crippen LogP contribution in [0.4, 0.5) is 0 Å². The highest BCUT2D eigenvalue weighted by Crippen LogP contribution is 2.25. The second-order valence-electron chi connectivity index (χ2n) is 7.58. The van der Waals surface area contributed by atoms with Gasteiger partial charge < -0.3 is 5.32 Å². The van der Waals surface area contributed by atoms with Gasteiger partial charge in [0.15, 0.2) is 0 Å². The fourth-order valence-electron chi connectivity index (χ4n) is 3.86. The van der Waals surface area contributed by atoms with Crippen LogP contribution in [0.3, 0.4) is 0 Å². The molecule has 3 aromatic rings. The van der Waals surface area contributed by atoms with Crippen molar-refractivity contribution >= 4 is 19.0 Å². The molecule has 0 bridgehead atoms. The molecule has 30 heavy (non-hydrogen) atoms. The van der Waals surface area contributed by atoms with E-state index in [0.29, 0.717) is 13.1 Å². The molecule has 0 amide bonds. The van der Waals surface area contributed by atoms with E-state index in [0.717, 1.165) is 6.42 Å². The molecule has 0 aliphatic rings. The van der Waals surface area contributed by atoms with Crippen LogP contribution in [0.2, 0.25) is 0 Å². The molecular formula is C25H31NO3P+. The Morgan fingerprint density at radius 1 is 0.767 bits per heavy atom. The predicted molar refractivity (Wildman–Crippen MR) is 124 cm³/mol. The first-order chi connectivity index (χ1) is 14.7. The number of hydrogen-bond acceptors (Lipinski definition) is 3. The molecule has 1 atom stereocenters. The summed E-state index contributed by atoms with van der Waals surface area (Å²) < 4.78 is 15.2. The Hall–Kier alpha value is -2.10. The van der Waals surface area contributed by atoms with Crippen molar-refractivity contribution in [2.45, 2.75) is 45.1 Å². The molecule has 0 radical (unpaired) electrons. The van der Waals surface area contributed by atoms with Gasteiger partial charge in [-0.1, -0.05) is 79.6 Å². The molecule has 0 heterocycles. The monoisotopic (exact) mass is 424 g/mol. The Morgan fingerprint density at radius 2 is 1.40 bits per heavy atom. The number of hydrogen-bond donors (Lipinski definition) is 2. The lowest BCUT2D eigenvalue weighted by molar-refractivity contribution is 0.280. The lowest BCUT2D eigenvalue weighted by atomic mass is 9.95. The average molecular weight is 425 g/mol. The van der Waals surface area contributed by atoms with Crippen molar-refractivity contribution in [1.82, 2.24) is 5.32 Å². The SMILES string of the molecule is O=[P+](O)OCCNCc1ccc(CCCCCCc2ccccc2)c2ccccc12. The molecule has 1 unspecified atom stereocenters. The summed E-state index contributed by atoms with van der Waals surface area (Å²) in [6.45, 7) is 1.48. The average Bonchev–Trinajstić information content (AvgIpc) is 2.77. The van der Waals surface area contributed by atoms with Crippen molar-refractivity contribution in [2.24, 2.45) is 0 Å². The summed E-state index contributed by atoms with van der Waals surface area (Å²) >= 11 is 0. The summed E-state index contributed by atoms with van der Waals surface area (Å²) in [5, 5.41) is 5.89. The van der Waals surface area contributed by atoms with Gasteiger partial charge in [0.2, 0.25) is 0 Å². The van der Waals surface area contributed by atoms with E-state index in [1.807, 2.05) is 0 Å². The first-order valence-electron chi connectivity index (χ1n) is 10.8. The molecule has 5 heteroatoms. The quantitative estimate of drug-likeness (QED) is 0.263. The number of fused-ring (bicyclic) bond motifs is 1. The van der Waals surface area contributed by atoms with E-state index >= 15 is 0 Å². The Balaban J connectivity index is 1.47. The van der Waals surface area contributed by atoms with E-state index in [9.17, 15) is 4.57 Å². The van der Waals surface area contributed by atoms with Crippen LogP contribution in [0.15, 0.2) is 66.7 Å². The molecule has 0 aliphatic heterocycles. The van der Waals surface area contributed by atoms with Gasteiger partial charge in [-0.2, -0.15) is 0 Å². The normalized spacial score (nSPS) is 11.7. The Labute approximate surface area is 180 Å². The second kappa shape index (κ2) is 12.6. The lowest BCUT2D eigenvalue weighted by Crippen LogP contribution is -2.18. The molecule has 3 aromatic carbocycles. The highest BCUT2D eigenvalue weighted by molar-refractivity contribution is 7.32. The molecule has 4 nitrogen and oxygen atoms in total. The van der Waals surface area contributed by atoms with E-state index in [1.54, 1.807) is 0 Å². The van der Waals surface area contributed by atoms with Gasteiger partial charge in [0, 0.05) is 17.7 Å². The van der Waals surface area contributed by atoms with Crippen molar-refractivity contribution in [3.8, 4) is 0 Å². The largest absolute Gasteiger partial charge is 0.694 e. The summed E-state index contributed by atoms with van der Waals surface area (Å²) in [4.78, 5) is 8.67. The molecule has 0 aromatic heterocycles. The second-order valence-corrected chi connectivity index (χ2v) is 8.31. The van der Waals surface area contributed by atoms with Crippen molar-refractivity contribution in [2.75, 3.05) is 13.2 Å². The van der Waals surface area contributed by atoms with Crippen molar-refractivity contribution < 1.29 is 14.0 Å². The van der Waals surface area contributed by atoms with Gasteiger partial charge in [0.05, 0.1) is 0 Å². The summed E-state index contributed by atoms with van der Waals surface area (Å²) in [6, 6.07) is 23.8. The molecule has 0 aliphatic carbocycles. The van der Waals surface area contributed by atoms with Gasteiger partial charge in [-0.15, -0.1) is 9.42 Å². The maximum atomic E-state index is 10.6. The summed E-state index contributed by atoms with van der Waals surface area (Å²) in [6.07, 6.45) is 7.28. The van der Waals surface area contributed by atoms with E-state index in [2.05, 4.69) is 76.6 Å². The van der Waals surface area contributed by atoms with Crippen LogP contribution in [0.5, 0.6) is 0 Å². The van der Waals surface area contributed by atoms with Gasteiger partial charge in [-0.25, -0.2) is 0 Å². The maximum Gasteiger partial charge on any atom is 0.694 e. The third-order valence-corrected chi connectivity index (χ3v) is 5.81. The molecule has 158 valence electrons. The Bertz CT molecular complexity index is 930. The minimum absolute atomic E-state index is 0.228. The van der Waals surface area contributed by atoms with E-state index in [4.69, 9.17) is 4.89 Å². The zero-order chi connectivity index (χ0) is 21.0. The van der Waals surface area contributed by atoms with Gasteiger partial charge in [-0.3, -0.25) is 0 Å². The number of benzene rings is 3. The molecule has 0 saturated heterocycles. The summed E-state index contributed by atoms with van der Waals surface area (Å²) in [7, 11) is -2.52. The fourth-order valence-corrected chi connectivity index (χ4v) is 4.11. The molecule has 0 fully saturated rings. The van der Waals surface area contributed by atoms with E-state index in [-0.39, 0.29) is 6.61 Å². The first-order valence-corrected chi connectivity index (χ1v) is 11.9. The van der Waals surface area contributed by atoms with E-state index in [1.165, 1.54) is 59.6 Å². The zero-order valence-corrected chi connectivity index (χ0v) is 18.3. The van der Waals surface area contributed by atoms with Crippen LogP contribution in [0.25, 0.3) is 10.8 Å². The van der Waals surface area contributed by atoms with Gasteiger partial charge in [-0.05, 0) is 53.1 Å². The van der Waals surface area contributed by atoms with Crippen LogP contribution >= 0.6 is 8.25 Å². The Kier molecular flexibility index (Phi) is 9.46. The smallest absolute Gasteiger partial charge is 0.310 e. The standard InChI is InChI=1S/C25H30NO3P/c27-30(28)29-19-18-26-20-23-17-16-22(24-14-8-9-15-25(23)24)13-7-2-1-4-10-21-11-5-3-6-12-21/h3,5-6,8-9,11-12,14-17,26H,1-2,4,7,10,13,18-20H2/p+1. The lowest BCUT2D eigenvalue weighted by Gasteiger charge is -2.12. The number of aryl methyl sites for hydroxylation is 2. The van der Waals surface area contributed by atoms with Crippen LogP contribution in [-0.2, 0) is 28.5 Å². The van der Waals surface area contributed by atoms with Crippen LogP contribution in [0, 0.1) is 0 Å². The van der Waals surface area contributed by atoms with Crippen LogP contribution in [0.1, 0.15) is 42.4 Å². The maximum absolute atomic E-state index is 10.6. The number of rotatable bonds is 13. The zero-order valence-electron chi connectivity index (χ0n) is 17.4. The highest BCUT2D eigenvalue weighted by atomic mass is 31.1. The van der Waals surface area contributed by atoms with Crippen molar-refractivity contribution in [1.29, 1.82) is 0 Å². The third-order valence-electron chi connectivity index (χ3n) is 5.41. The van der Waals surface area contributed by atoms with Crippen molar-refractivity contribution in [3.63, 3.8) is 0 Å². The first kappa shape index (κ1) is 22.6. The van der Waals surface area contributed by atoms with Crippen LogP contribution < -0.4 is 5.32 Å². The topological polar surface area (TPSA) is 58.6 Å². The molecular weight excluding hydrogens is 393 g/mol. The molecule has 0 saturated carbocycles. The molecule has 2 N–H and O–H groups in total. The summed E-state index contributed by atoms with van der Waals surface area (Å²) in [5.41, 5.74) is 4.09. The third kappa shape index (κ3) is 7.30. The van der Waals surface area contributed by atoms with E-state index < -0.39 is 8.25 Å². The number of unbranched alkanes of at least 4 members (excludes halogenated alkanes) is 3. The Morgan fingerprint density at radius 3 is 2.13 bits per heavy atom. The van der Waals surface area contributed by atoms with Crippen molar-refractivity contribution in [3.05, 3.63) is 83.4 Å². The minimum Gasteiger partial charge on any atom is -0.310 e. The van der Waals surface area contributed by atoms with Crippen LogP contribution in [-0.4, -0.2) is 18.0 Å². The molecule has 3 rings (SSSR count). The van der Waals surface area contributed by atoms with Gasteiger partial charge in [0.1, 0.15) is 6.61 Å². The van der Waals surface area contributed by atoms with Gasteiger partial charge in [0.25, 0.3) is 0 Å². The highest BCUT2D eigenvalue weighted by Gasteiger charge is 2.10.